The molecule has 0 saturated heterocycles. The predicted octanol–water partition coefficient (Wildman–Crippen LogP) is 6.44. The third-order valence-electron chi connectivity index (χ3n) is 8.13. The highest BCUT2D eigenvalue weighted by atomic mass is 28.3. The van der Waals surface area contributed by atoms with Gasteiger partial charge in [0.15, 0.2) is 0 Å². The highest BCUT2D eigenvalue weighted by Gasteiger charge is 2.50. The molecule has 2 aliphatic rings. The van der Waals surface area contributed by atoms with Crippen LogP contribution in [0.4, 0.5) is 0 Å². The summed E-state index contributed by atoms with van der Waals surface area (Å²) in [4.78, 5) is 6.92. The van der Waals surface area contributed by atoms with Crippen molar-refractivity contribution in [1.29, 1.82) is 0 Å². The van der Waals surface area contributed by atoms with E-state index in [-0.39, 0.29) is 11.1 Å². The van der Waals surface area contributed by atoms with Crippen molar-refractivity contribution < 1.29 is 0 Å². The molecule has 1 aliphatic carbocycles. The molecule has 0 spiro atoms. The molecule has 1 N–H and O–H groups in total. The standard InChI is InChI=1S/C35H38N2Si/c1-25-14-18-29(19-15-25)38(36-35(3,4)5,30-20-16-26(2)17-21-30)34-22-33(31-12-8-9-13-32(31)34)37-23-27-10-6-7-11-28(27)24-37/h6-22,34,36H,23-24H2,1-5H3. The number of nitrogens with zero attached hydrogens (tertiary/aromatic N) is 1. The maximum atomic E-state index is 4.33. The number of rotatable bonds is 5. The second-order valence-electron chi connectivity index (χ2n) is 12.2. The van der Waals surface area contributed by atoms with Crippen LogP contribution < -0.4 is 15.4 Å². The first-order valence-electron chi connectivity index (χ1n) is 13.8. The van der Waals surface area contributed by atoms with Crippen LogP contribution in [-0.2, 0) is 13.1 Å². The van der Waals surface area contributed by atoms with Crippen molar-refractivity contribution >= 4 is 24.3 Å². The first-order chi connectivity index (χ1) is 18.2. The number of hydrogen-bond acceptors (Lipinski definition) is 2. The van der Waals surface area contributed by atoms with Crippen molar-refractivity contribution in [3.05, 3.63) is 137 Å². The molecule has 1 unspecified atom stereocenters. The van der Waals surface area contributed by atoms with Gasteiger partial charge in [0, 0.05) is 35.4 Å². The second kappa shape index (κ2) is 9.41. The van der Waals surface area contributed by atoms with E-state index in [1.807, 2.05) is 0 Å². The van der Waals surface area contributed by atoms with Crippen LogP contribution >= 0.6 is 0 Å². The van der Waals surface area contributed by atoms with Gasteiger partial charge in [0.2, 0.25) is 8.24 Å². The largest absolute Gasteiger partial charge is 0.363 e. The Hall–Kier alpha value is -3.40. The summed E-state index contributed by atoms with van der Waals surface area (Å²) in [6.45, 7) is 13.3. The quantitative estimate of drug-likeness (QED) is 0.308. The zero-order valence-electron chi connectivity index (χ0n) is 23.3. The number of fused-ring (bicyclic) bond motifs is 2. The molecule has 2 nitrogen and oxygen atoms in total. The fourth-order valence-corrected chi connectivity index (χ4v) is 11.6. The summed E-state index contributed by atoms with van der Waals surface area (Å²) >= 11 is 0. The van der Waals surface area contributed by atoms with E-state index in [4.69, 9.17) is 0 Å². The lowest BCUT2D eigenvalue weighted by Gasteiger charge is -2.43. The second-order valence-corrected chi connectivity index (χ2v) is 15.8. The maximum Gasteiger partial charge on any atom is 0.201 e. The molecular weight excluding hydrogens is 476 g/mol. The molecule has 0 radical (unpaired) electrons. The van der Waals surface area contributed by atoms with Gasteiger partial charge in [0.05, 0.1) is 0 Å². The Labute approximate surface area is 229 Å². The summed E-state index contributed by atoms with van der Waals surface area (Å²) in [5.41, 5.74) is 9.92. The molecule has 0 amide bonds. The Kier molecular flexibility index (Phi) is 6.17. The molecule has 4 aromatic rings. The van der Waals surface area contributed by atoms with E-state index in [0.29, 0.717) is 0 Å². The molecule has 1 heterocycles. The molecule has 38 heavy (non-hydrogen) atoms. The van der Waals surface area contributed by atoms with E-state index in [0.717, 1.165) is 13.1 Å². The van der Waals surface area contributed by atoms with Crippen molar-refractivity contribution in [2.75, 3.05) is 0 Å². The number of allylic oxidation sites excluding steroid dienone is 1. The van der Waals surface area contributed by atoms with Crippen LogP contribution in [-0.4, -0.2) is 18.7 Å². The minimum Gasteiger partial charge on any atom is -0.363 e. The third-order valence-corrected chi connectivity index (χ3v) is 13.2. The van der Waals surface area contributed by atoms with Gasteiger partial charge in [-0.2, -0.15) is 0 Å². The zero-order chi connectivity index (χ0) is 26.5. The van der Waals surface area contributed by atoms with Gasteiger partial charge in [-0.15, -0.1) is 0 Å². The van der Waals surface area contributed by atoms with Gasteiger partial charge in [-0.05, 0) is 61.7 Å². The molecule has 0 aromatic heterocycles. The first kappa shape index (κ1) is 24.9. The number of nitrogens with one attached hydrogen (secondary N) is 1. The van der Waals surface area contributed by atoms with Crippen molar-refractivity contribution in [2.45, 2.75) is 58.8 Å². The van der Waals surface area contributed by atoms with E-state index in [2.05, 4.69) is 148 Å². The molecule has 0 bridgehead atoms. The van der Waals surface area contributed by atoms with Crippen LogP contribution in [0.2, 0.25) is 0 Å². The normalized spacial score (nSPS) is 16.8. The van der Waals surface area contributed by atoms with Crippen LogP contribution in [0.3, 0.4) is 0 Å². The fraction of sp³-hybridized carbons (Fsp3) is 0.257. The molecule has 3 heteroatoms. The molecular formula is C35H38N2Si. The Morgan fingerprint density at radius 1 is 0.684 bits per heavy atom. The monoisotopic (exact) mass is 514 g/mol. The van der Waals surface area contributed by atoms with Crippen molar-refractivity contribution in [1.82, 2.24) is 9.88 Å². The van der Waals surface area contributed by atoms with Crippen molar-refractivity contribution in [3.63, 3.8) is 0 Å². The van der Waals surface area contributed by atoms with E-state index in [9.17, 15) is 0 Å². The van der Waals surface area contributed by atoms with Gasteiger partial charge >= 0.3 is 0 Å². The Morgan fingerprint density at radius 3 is 1.71 bits per heavy atom. The van der Waals surface area contributed by atoms with Crippen LogP contribution in [0.25, 0.3) is 5.70 Å². The minimum absolute atomic E-state index is 0.0581. The molecule has 1 aliphatic heterocycles. The Balaban J connectivity index is 1.58. The highest BCUT2D eigenvalue weighted by molar-refractivity contribution is 7.02. The van der Waals surface area contributed by atoms with Gasteiger partial charge in [0.25, 0.3) is 0 Å². The number of hydrogen-bond donors (Lipinski definition) is 1. The summed E-state index contributed by atoms with van der Waals surface area (Å²) in [6, 6.07) is 36.8. The van der Waals surface area contributed by atoms with Crippen LogP contribution in [0.5, 0.6) is 0 Å². The van der Waals surface area contributed by atoms with E-state index in [1.54, 1.807) is 0 Å². The van der Waals surface area contributed by atoms with Crippen LogP contribution in [0.1, 0.15) is 59.7 Å². The van der Waals surface area contributed by atoms with Crippen LogP contribution in [0.15, 0.2) is 103 Å². The van der Waals surface area contributed by atoms with Gasteiger partial charge in [0.1, 0.15) is 0 Å². The molecule has 192 valence electrons. The van der Waals surface area contributed by atoms with Gasteiger partial charge in [-0.1, -0.05) is 114 Å². The Morgan fingerprint density at radius 2 is 1.18 bits per heavy atom. The number of benzene rings is 4. The lowest BCUT2D eigenvalue weighted by atomic mass is 10.1. The summed E-state index contributed by atoms with van der Waals surface area (Å²) in [5, 5.41) is 2.87. The van der Waals surface area contributed by atoms with Gasteiger partial charge < -0.3 is 9.88 Å². The average molecular weight is 515 g/mol. The summed E-state index contributed by atoms with van der Waals surface area (Å²) in [6.07, 6.45) is 2.61. The van der Waals surface area contributed by atoms with Gasteiger partial charge in [-0.3, -0.25) is 0 Å². The summed E-state index contributed by atoms with van der Waals surface area (Å²) < 4.78 is 0. The highest BCUT2D eigenvalue weighted by Crippen LogP contribution is 2.44. The fourth-order valence-electron chi connectivity index (χ4n) is 6.45. The minimum atomic E-state index is -2.57. The molecule has 1 atom stereocenters. The molecule has 6 rings (SSSR count). The smallest absolute Gasteiger partial charge is 0.201 e. The molecule has 0 fully saturated rings. The molecule has 4 aromatic carbocycles. The Bertz CT molecular complexity index is 1420. The average Bonchev–Trinajstić information content (AvgIpc) is 3.50. The predicted molar refractivity (Wildman–Crippen MR) is 163 cm³/mol. The summed E-state index contributed by atoms with van der Waals surface area (Å²) in [5.74, 6) is 0. The lowest BCUT2D eigenvalue weighted by molar-refractivity contribution is 0.423. The molecule has 0 saturated carbocycles. The topological polar surface area (TPSA) is 15.3 Å². The summed E-state index contributed by atoms with van der Waals surface area (Å²) in [7, 11) is -2.57. The maximum absolute atomic E-state index is 4.33. The number of aryl methyl sites for hydroxylation is 2. The van der Waals surface area contributed by atoms with E-state index >= 15 is 0 Å². The van der Waals surface area contributed by atoms with E-state index < -0.39 is 8.24 Å². The lowest BCUT2D eigenvalue weighted by Crippen LogP contribution is -2.75. The SMILES string of the molecule is Cc1ccc([Si](NC(C)(C)C)(c2ccc(C)cc2)C2C=C(N3Cc4ccccc4C3)c3ccccc32)cc1. The zero-order valence-corrected chi connectivity index (χ0v) is 24.3. The van der Waals surface area contributed by atoms with Gasteiger partial charge in [-0.25, -0.2) is 0 Å². The van der Waals surface area contributed by atoms with Crippen molar-refractivity contribution in [2.24, 2.45) is 0 Å². The third kappa shape index (κ3) is 4.34. The first-order valence-corrected chi connectivity index (χ1v) is 15.9. The van der Waals surface area contributed by atoms with Crippen LogP contribution in [0, 0.1) is 13.8 Å². The van der Waals surface area contributed by atoms with Crippen molar-refractivity contribution in [3.8, 4) is 0 Å². The van der Waals surface area contributed by atoms with E-state index in [1.165, 1.54) is 49.5 Å².